The molecule has 3 unspecified atom stereocenters. The monoisotopic (exact) mass is 1180 g/mol. The molecule has 1 aromatic heterocycles. The molecule has 8 rings (SSSR count). The van der Waals surface area contributed by atoms with Crippen LogP contribution >= 0.6 is 7.82 Å². The Kier molecular flexibility index (Phi) is 22.1. The van der Waals surface area contributed by atoms with Crippen molar-refractivity contribution in [3.8, 4) is 39.7 Å². The van der Waals surface area contributed by atoms with Crippen molar-refractivity contribution in [1.82, 2.24) is 20.2 Å². The van der Waals surface area contributed by atoms with Crippen molar-refractivity contribution in [2.75, 3.05) is 59.8 Å². The highest BCUT2D eigenvalue weighted by atomic mass is 31.2. The summed E-state index contributed by atoms with van der Waals surface area (Å²) in [6.07, 6.45) is -1.62. The molecule has 4 N–H and O–H groups in total. The second-order valence-corrected chi connectivity index (χ2v) is 20.5. The Hall–Kier alpha value is -8.48. The van der Waals surface area contributed by atoms with Crippen LogP contribution in [0.15, 0.2) is 140 Å². The molecule has 1 aliphatic carbocycles. The molecule has 4 aromatic carbocycles. The van der Waals surface area contributed by atoms with Crippen molar-refractivity contribution in [3.63, 3.8) is 0 Å². The number of unbranched alkanes of at least 4 members (excludes halogenated alkanes) is 3. The molecule has 2 aliphatic heterocycles. The van der Waals surface area contributed by atoms with E-state index in [1.807, 2.05) is 0 Å². The van der Waals surface area contributed by atoms with Gasteiger partial charge >= 0.3 is 25.6 Å². The van der Waals surface area contributed by atoms with Gasteiger partial charge in [0.2, 0.25) is 0 Å². The summed E-state index contributed by atoms with van der Waals surface area (Å²) in [5, 5.41) is 16.4. The largest absolute Gasteiger partial charge is 0.530 e. The van der Waals surface area contributed by atoms with Crippen LogP contribution in [0.25, 0.3) is 33.4 Å². The topological polar surface area (TPSA) is 307 Å². The number of carbonyl (C=O) groups excluding carboxylic acids is 4. The number of aromatic hydroxyl groups is 1. The number of ether oxygens (including phenoxy) is 7. The number of aromatic amines is 1. The lowest BCUT2D eigenvalue weighted by molar-refractivity contribution is -0.120. The highest BCUT2D eigenvalue weighted by Gasteiger charge is 2.52. The zero-order valence-corrected chi connectivity index (χ0v) is 46.8. The zero-order chi connectivity index (χ0) is 59.4. The van der Waals surface area contributed by atoms with Crippen LogP contribution in [0.3, 0.4) is 0 Å². The summed E-state index contributed by atoms with van der Waals surface area (Å²) in [5.41, 5.74) is 0.890. The van der Waals surface area contributed by atoms with Gasteiger partial charge in [-0.15, -0.1) is 0 Å². The number of fused-ring (bicyclic) bond motifs is 2. The summed E-state index contributed by atoms with van der Waals surface area (Å²) >= 11 is 0. The van der Waals surface area contributed by atoms with Gasteiger partial charge < -0.3 is 57.8 Å². The Morgan fingerprint density at radius 2 is 1.51 bits per heavy atom. The van der Waals surface area contributed by atoms with E-state index in [4.69, 9.17) is 51.1 Å². The number of phosphoric ester groups is 1. The Morgan fingerprint density at radius 1 is 0.774 bits per heavy atom. The number of nitrogens with one attached hydrogen (secondary N) is 3. The van der Waals surface area contributed by atoms with Crippen LogP contribution in [0, 0.1) is 0 Å². The van der Waals surface area contributed by atoms with E-state index in [0.717, 1.165) is 23.5 Å². The molecule has 24 nitrogen and oxygen atoms in total. The quantitative estimate of drug-likeness (QED) is 0.0106. The van der Waals surface area contributed by atoms with E-state index in [-0.39, 0.29) is 97.0 Å². The standard InChI is InChI=1S/C59H63N4O20P/c1-3-47-53(54(81-57(69)39-11-7-6-8-12-39)56(80-47)63-26-23-51(67)62-58(63)70)83-84(72,78-32-31-75-30-29-74-28-27-73-2)82-43-18-13-38(14-19-43)36-76-59(71)61-25-10-5-4-9-24-60-55(68)40-15-22-48(77-37-64)46(33-40)52-44-20-16-41(65)34-49(44)79-50-35-42(66)17-21-45(50)52/h6-8,11-23,26,33-35,37,47,53-54,56,65H,3-5,9-10,24-25,27-32,36H2,1-2H3,(H,60,68)(H,61,71)(H,62,67,70)/t47-,53?,54?,56-,84?/m1/s1. The maximum atomic E-state index is 14.8. The number of aromatic nitrogens is 2. The van der Waals surface area contributed by atoms with Crippen molar-refractivity contribution < 1.29 is 80.0 Å². The number of rotatable bonds is 31. The number of phosphoric acid groups is 1. The molecular weight excluding hydrogens is 1120 g/mol. The molecule has 3 aliphatic rings. The van der Waals surface area contributed by atoms with E-state index < -0.39 is 55.7 Å². The molecular formula is C59H63N4O20P. The first-order valence-electron chi connectivity index (χ1n) is 27.0. The van der Waals surface area contributed by atoms with Crippen LogP contribution < -0.4 is 36.6 Å². The predicted octanol–water partition coefficient (Wildman–Crippen LogP) is 7.67. The zero-order valence-electron chi connectivity index (χ0n) is 45.9. The Labute approximate surface area is 480 Å². The molecule has 5 atom stereocenters. The summed E-state index contributed by atoms with van der Waals surface area (Å²) < 4.78 is 78.7. The second kappa shape index (κ2) is 30.2. The van der Waals surface area contributed by atoms with Crippen molar-refractivity contribution in [3.05, 3.63) is 169 Å². The summed E-state index contributed by atoms with van der Waals surface area (Å²) in [6.45, 7) is 3.43. The van der Waals surface area contributed by atoms with Gasteiger partial charge in [0, 0.05) is 72.2 Å². The van der Waals surface area contributed by atoms with Crippen molar-refractivity contribution >= 4 is 43.2 Å². The molecule has 0 saturated carbocycles. The van der Waals surface area contributed by atoms with Gasteiger partial charge in [-0.2, -0.15) is 0 Å². The Morgan fingerprint density at radius 3 is 2.24 bits per heavy atom. The van der Waals surface area contributed by atoms with Crippen LogP contribution in [-0.4, -0.2) is 117 Å². The molecule has 0 radical (unpaired) electrons. The first-order valence-corrected chi connectivity index (χ1v) is 28.4. The number of phenolic OH excluding ortho intramolecular Hbond substituents is 1. The molecule has 444 valence electrons. The molecule has 0 spiro atoms. The number of phenols is 1. The SMILES string of the molecule is CC[C@H]1O[C@@H](n2ccc(=O)[nH]c2=O)C(OC(=O)c2ccccc2)C1OP(=O)(OCCOCCOCCOC)Oc1ccc(COC(=O)NCCCCCCNC(=O)c2ccc(OC=O)c(-c3c4ccc(=O)cc-4oc4cc(O)ccc34)c2)cc1. The van der Waals surface area contributed by atoms with Gasteiger partial charge in [0.25, 0.3) is 17.9 Å². The number of alkyl carbamates (subject to hydrolysis) is 1. The van der Waals surface area contributed by atoms with Gasteiger partial charge in [-0.3, -0.25) is 37.8 Å². The third-order valence-corrected chi connectivity index (χ3v) is 14.6. The average molecular weight is 1180 g/mol. The predicted molar refractivity (Wildman–Crippen MR) is 302 cm³/mol. The Bertz CT molecular complexity index is 3550. The number of amides is 2. The van der Waals surface area contributed by atoms with E-state index in [1.54, 1.807) is 62.6 Å². The number of methoxy groups -OCH3 is 1. The normalized spacial score (nSPS) is 16.4. The van der Waals surface area contributed by atoms with Crippen LogP contribution in [0.4, 0.5) is 4.79 Å². The van der Waals surface area contributed by atoms with E-state index >= 15 is 0 Å². The molecule has 1 fully saturated rings. The second-order valence-electron chi connectivity index (χ2n) is 18.9. The molecule has 84 heavy (non-hydrogen) atoms. The number of benzene rings is 5. The van der Waals surface area contributed by atoms with Crippen LogP contribution in [0.1, 0.15) is 71.5 Å². The minimum absolute atomic E-state index is 0.0259. The van der Waals surface area contributed by atoms with Crippen molar-refractivity contribution in [1.29, 1.82) is 0 Å². The van der Waals surface area contributed by atoms with Crippen LogP contribution in [-0.2, 0) is 53.4 Å². The van der Waals surface area contributed by atoms with Gasteiger partial charge in [-0.1, -0.05) is 50.1 Å². The summed E-state index contributed by atoms with van der Waals surface area (Å²) in [7, 11) is -3.15. The maximum Gasteiger partial charge on any atom is 0.530 e. The first kappa shape index (κ1) is 61.6. The summed E-state index contributed by atoms with van der Waals surface area (Å²) in [4.78, 5) is 90.7. The number of esters is 1. The number of hydrogen-bond donors (Lipinski definition) is 4. The van der Waals surface area contributed by atoms with E-state index in [1.165, 1.54) is 66.9 Å². The van der Waals surface area contributed by atoms with Crippen molar-refractivity contribution in [2.45, 2.75) is 70.2 Å². The third kappa shape index (κ3) is 16.6. The maximum absolute atomic E-state index is 14.8. The van der Waals surface area contributed by atoms with E-state index in [0.29, 0.717) is 66.8 Å². The van der Waals surface area contributed by atoms with Gasteiger partial charge in [0.1, 0.15) is 41.3 Å². The number of hydrogen-bond acceptors (Lipinski definition) is 20. The molecule has 3 heterocycles. The number of nitrogens with zero attached hydrogens (tertiary/aromatic N) is 1. The minimum Gasteiger partial charge on any atom is -0.508 e. The molecule has 2 amide bonds. The molecule has 25 heteroatoms. The molecule has 0 bridgehead atoms. The lowest BCUT2D eigenvalue weighted by atomic mass is 9.92. The highest BCUT2D eigenvalue weighted by Crippen LogP contribution is 2.54. The smallest absolute Gasteiger partial charge is 0.508 e. The number of carbonyl (C=O) groups is 4. The lowest BCUT2D eigenvalue weighted by Crippen LogP contribution is -2.41. The van der Waals surface area contributed by atoms with Gasteiger partial charge in [-0.05, 0) is 91.6 Å². The molecule has 1 saturated heterocycles. The van der Waals surface area contributed by atoms with E-state index in [9.17, 15) is 43.2 Å². The van der Waals surface area contributed by atoms with E-state index in [2.05, 4.69) is 15.6 Å². The summed E-state index contributed by atoms with van der Waals surface area (Å²) in [6, 6.07) is 28.6. The minimum atomic E-state index is -4.71. The fraction of sp³-hybridized carbons (Fsp3) is 0.339. The van der Waals surface area contributed by atoms with Crippen molar-refractivity contribution in [2.24, 2.45) is 0 Å². The van der Waals surface area contributed by atoms with Crippen LogP contribution in [0.5, 0.6) is 17.2 Å². The van der Waals surface area contributed by atoms with Gasteiger partial charge in [-0.25, -0.2) is 18.9 Å². The lowest BCUT2D eigenvalue weighted by Gasteiger charge is -2.28. The Balaban J connectivity index is 0.825. The summed E-state index contributed by atoms with van der Waals surface area (Å²) in [5.74, 6) is -0.811. The highest BCUT2D eigenvalue weighted by molar-refractivity contribution is 7.49. The van der Waals surface area contributed by atoms with Crippen LogP contribution in [0.2, 0.25) is 0 Å². The van der Waals surface area contributed by atoms with Gasteiger partial charge in [0.05, 0.1) is 51.3 Å². The molecule has 5 aromatic rings. The van der Waals surface area contributed by atoms with Gasteiger partial charge in [0.15, 0.2) is 17.8 Å². The number of H-pyrrole nitrogens is 1. The third-order valence-electron chi connectivity index (χ3n) is 13.1. The first-order chi connectivity index (χ1) is 40.8. The average Bonchev–Trinajstić information content (AvgIpc) is 1.36. The fourth-order valence-electron chi connectivity index (χ4n) is 9.05. The fourth-order valence-corrected chi connectivity index (χ4v) is 10.4.